The van der Waals surface area contributed by atoms with Crippen LogP contribution in [0.5, 0.6) is 11.5 Å². The molecule has 3 rings (SSSR count). The lowest BCUT2D eigenvalue weighted by molar-refractivity contribution is -0.121. The molecule has 1 saturated carbocycles. The summed E-state index contributed by atoms with van der Waals surface area (Å²) >= 11 is 0. The maximum Gasteiger partial charge on any atom is 0.231 e. The molecule has 0 radical (unpaired) electrons. The van der Waals surface area contributed by atoms with Gasteiger partial charge in [-0.05, 0) is 48.8 Å². The van der Waals surface area contributed by atoms with Crippen LogP contribution in [-0.2, 0) is 11.2 Å². The van der Waals surface area contributed by atoms with Crippen LogP contribution in [0.1, 0.15) is 45.1 Å². The number of aryl methyl sites for hydroxylation is 1. The molecular weight excluding hydrogens is 266 g/mol. The van der Waals surface area contributed by atoms with Crippen LogP contribution >= 0.6 is 0 Å². The van der Waals surface area contributed by atoms with Crippen molar-refractivity contribution in [3.05, 3.63) is 23.8 Å². The third-order valence-electron chi connectivity index (χ3n) is 4.41. The summed E-state index contributed by atoms with van der Waals surface area (Å²) in [6.07, 6.45) is 4.64. The van der Waals surface area contributed by atoms with Crippen molar-refractivity contribution in [3.8, 4) is 11.5 Å². The van der Waals surface area contributed by atoms with Crippen LogP contribution in [0.25, 0.3) is 0 Å². The van der Waals surface area contributed by atoms with E-state index in [2.05, 4.69) is 19.2 Å². The Morgan fingerprint density at radius 2 is 2.14 bits per heavy atom. The SMILES string of the molecule is CC1(C)CCC(NC(=O)CCc2ccc3c(c2)OCO3)C1. The summed E-state index contributed by atoms with van der Waals surface area (Å²) in [5.74, 6) is 1.72. The minimum atomic E-state index is 0.148. The Hall–Kier alpha value is -1.71. The maximum atomic E-state index is 12.1. The van der Waals surface area contributed by atoms with E-state index in [1.165, 1.54) is 6.42 Å². The average Bonchev–Trinajstić information content (AvgIpc) is 3.02. The lowest BCUT2D eigenvalue weighted by Gasteiger charge is -2.17. The summed E-state index contributed by atoms with van der Waals surface area (Å²) in [6.45, 7) is 4.83. The zero-order valence-corrected chi connectivity index (χ0v) is 12.8. The molecule has 1 aromatic carbocycles. The molecule has 21 heavy (non-hydrogen) atoms. The normalized spacial score (nSPS) is 22.3. The van der Waals surface area contributed by atoms with Gasteiger partial charge < -0.3 is 14.8 Å². The van der Waals surface area contributed by atoms with E-state index in [1.807, 2.05) is 18.2 Å². The molecule has 0 spiro atoms. The molecule has 2 aliphatic rings. The molecule has 0 saturated heterocycles. The number of rotatable bonds is 4. The number of carbonyl (C=O) groups excluding carboxylic acids is 1. The van der Waals surface area contributed by atoms with Crippen LogP contribution in [0.3, 0.4) is 0 Å². The lowest BCUT2D eigenvalue weighted by Crippen LogP contribution is -2.33. The molecule has 1 atom stereocenters. The van der Waals surface area contributed by atoms with Crippen LogP contribution in [0.2, 0.25) is 0 Å². The number of hydrogen-bond donors (Lipinski definition) is 1. The number of benzene rings is 1. The Morgan fingerprint density at radius 1 is 1.33 bits per heavy atom. The van der Waals surface area contributed by atoms with E-state index in [-0.39, 0.29) is 12.7 Å². The van der Waals surface area contributed by atoms with Crippen molar-refractivity contribution in [2.24, 2.45) is 5.41 Å². The number of amides is 1. The Labute approximate surface area is 125 Å². The quantitative estimate of drug-likeness (QED) is 0.926. The van der Waals surface area contributed by atoms with E-state index in [9.17, 15) is 4.79 Å². The maximum absolute atomic E-state index is 12.1. The van der Waals surface area contributed by atoms with Gasteiger partial charge in [0.1, 0.15) is 0 Å². The van der Waals surface area contributed by atoms with Gasteiger partial charge in [0.25, 0.3) is 0 Å². The number of fused-ring (bicyclic) bond motifs is 1. The number of ether oxygens (including phenoxy) is 2. The van der Waals surface area contributed by atoms with Crippen LogP contribution < -0.4 is 14.8 Å². The Balaban J connectivity index is 1.48. The molecule has 1 unspecified atom stereocenters. The van der Waals surface area contributed by atoms with Gasteiger partial charge in [-0.15, -0.1) is 0 Å². The molecular formula is C17H23NO3. The fourth-order valence-electron chi connectivity index (χ4n) is 3.21. The molecule has 0 aromatic heterocycles. The standard InChI is InChI=1S/C17H23NO3/c1-17(2)8-7-13(10-17)18-16(19)6-4-12-3-5-14-15(9-12)21-11-20-14/h3,5,9,13H,4,6-8,10-11H2,1-2H3,(H,18,19). The van der Waals surface area contributed by atoms with E-state index in [1.54, 1.807) is 0 Å². The van der Waals surface area contributed by atoms with Gasteiger partial charge in [0.2, 0.25) is 12.7 Å². The van der Waals surface area contributed by atoms with Gasteiger partial charge >= 0.3 is 0 Å². The summed E-state index contributed by atoms with van der Waals surface area (Å²) in [5, 5.41) is 3.16. The zero-order chi connectivity index (χ0) is 14.9. The first-order valence-electron chi connectivity index (χ1n) is 7.70. The van der Waals surface area contributed by atoms with Crippen LogP contribution in [-0.4, -0.2) is 18.7 Å². The highest BCUT2D eigenvalue weighted by Crippen LogP contribution is 2.37. The molecule has 4 heteroatoms. The first-order chi connectivity index (χ1) is 10.0. The second-order valence-corrected chi connectivity index (χ2v) is 6.86. The number of carbonyl (C=O) groups is 1. The largest absolute Gasteiger partial charge is 0.454 e. The predicted molar refractivity (Wildman–Crippen MR) is 80.4 cm³/mol. The van der Waals surface area contributed by atoms with Gasteiger partial charge in [0, 0.05) is 12.5 Å². The Bertz CT molecular complexity index is 539. The van der Waals surface area contributed by atoms with Gasteiger partial charge in [-0.1, -0.05) is 19.9 Å². The Morgan fingerprint density at radius 3 is 2.90 bits per heavy atom. The van der Waals surface area contributed by atoms with Crippen LogP contribution in [0.4, 0.5) is 0 Å². The van der Waals surface area contributed by atoms with Crippen molar-refractivity contribution in [3.63, 3.8) is 0 Å². The van der Waals surface area contributed by atoms with Crippen molar-refractivity contribution in [2.45, 2.75) is 52.0 Å². The van der Waals surface area contributed by atoms with Crippen molar-refractivity contribution in [2.75, 3.05) is 6.79 Å². The van der Waals surface area contributed by atoms with E-state index in [0.717, 1.165) is 36.3 Å². The fraction of sp³-hybridized carbons (Fsp3) is 0.588. The number of nitrogens with one attached hydrogen (secondary N) is 1. The molecule has 114 valence electrons. The second-order valence-electron chi connectivity index (χ2n) is 6.86. The highest BCUT2D eigenvalue weighted by molar-refractivity contribution is 5.76. The summed E-state index contributed by atoms with van der Waals surface area (Å²) in [4.78, 5) is 12.1. The van der Waals surface area contributed by atoms with Crippen LogP contribution in [0.15, 0.2) is 18.2 Å². The van der Waals surface area contributed by atoms with Gasteiger partial charge in [-0.3, -0.25) is 4.79 Å². The van der Waals surface area contributed by atoms with Crippen molar-refractivity contribution in [1.82, 2.24) is 5.32 Å². The lowest BCUT2D eigenvalue weighted by atomic mass is 9.92. The highest BCUT2D eigenvalue weighted by atomic mass is 16.7. The fourth-order valence-corrected chi connectivity index (χ4v) is 3.21. The van der Waals surface area contributed by atoms with Gasteiger partial charge in [0.15, 0.2) is 11.5 Å². The van der Waals surface area contributed by atoms with Crippen molar-refractivity contribution in [1.29, 1.82) is 0 Å². The van der Waals surface area contributed by atoms with E-state index in [4.69, 9.17) is 9.47 Å². The summed E-state index contributed by atoms with van der Waals surface area (Å²) in [6, 6.07) is 6.23. The number of hydrogen-bond acceptors (Lipinski definition) is 3. The first-order valence-corrected chi connectivity index (χ1v) is 7.70. The average molecular weight is 289 g/mol. The van der Waals surface area contributed by atoms with Crippen LogP contribution in [0, 0.1) is 5.41 Å². The summed E-state index contributed by atoms with van der Waals surface area (Å²) in [7, 11) is 0. The smallest absolute Gasteiger partial charge is 0.231 e. The Kier molecular flexibility index (Phi) is 3.79. The molecule has 1 amide bonds. The summed E-state index contributed by atoms with van der Waals surface area (Å²) < 4.78 is 10.6. The monoisotopic (exact) mass is 289 g/mol. The third kappa shape index (κ3) is 3.49. The third-order valence-corrected chi connectivity index (χ3v) is 4.41. The predicted octanol–water partition coefficient (Wildman–Crippen LogP) is 3.04. The van der Waals surface area contributed by atoms with Crippen molar-refractivity contribution >= 4 is 5.91 Å². The minimum Gasteiger partial charge on any atom is -0.454 e. The van der Waals surface area contributed by atoms with Crippen molar-refractivity contribution < 1.29 is 14.3 Å². The van der Waals surface area contributed by atoms with E-state index < -0.39 is 0 Å². The second kappa shape index (κ2) is 5.58. The molecule has 1 aliphatic heterocycles. The molecule has 1 heterocycles. The molecule has 1 fully saturated rings. The van der Waals surface area contributed by atoms with Gasteiger partial charge in [-0.25, -0.2) is 0 Å². The van der Waals surface area contributed by atoms with Gasteiger partial charge in [0.05, 0.1) is 0 Å². The highest BCUT2D eigenvalue weighted by Gasteiger charge is 2.31. The molecule has 1 aliphatic carbocycles. The molecule has 0 bridgehead atoms. The first kappa shape index (κ1) is 14.2. The zero-order valence-electron chi connectivity index (χ0n) is 12.8. The minimum absolute atomic E-state index is 0.148. The topological polar surface area (TPSA) is 47.6 Å². The van der Waals surface area contributed by atoms with E-state index in [0.29, 0.717) is 17.9 Å². The molecule has 1 N–H and O–H groups in total. The van der Waals surface area contributed by atoms with Gasteiger partial charge in [-0.2, -0.15) is 0 Å². The molecule has 4 nitrogen and oxygen atoms in total. The summed E-state index contributed by atoms with van der Waals surface area (Å²) in [5.41, 5.74) is 1.48. The molecule has 1 aromatic rings. The van der Waals surface area contributed by atoms with E-state index >= 15 is 0 Å².